The lowest BCUT2D eigenvalue weighted by atomic mass is 9.70. The van der Waals surface area contributed by atoms with Crippen LogP contribution in [0.5, 0.6) is 0 Å². The Balaban J connectivity index is 1.08. The summed E-state index contributed by atoms with van der Waals surface area (Å²) >= 11 is 0. The normalized spacial score (nSPS) is 21.7. The number of nitrogens with zero attached hydrogens (tertiary/aromatic N) is 5. The van der Waals surface area contributed by atoms with Gasteiger partial charge in [-0.2, -0.15) is 0 Å². The molecule has 0 radical (unpaired) electrons. The van der Waals surface area contributed by atoms with Gasteiger partial charge in [-0.1, -0.05) is 83.7 Å². The van der Waals surface area contributed by atoms with E-state index in [2.05, 4.69) is 28.3 Å². The van der Waals surface area contributed by atoms with Crippen LogP contribution in [-0.2, 0) is 21.4 Å². The lowest BCUT2D eigenvalue weighted by molar-refractivity contribution is -0.153. The summed E-state index contributed by atoms with van der Waals surface area (Å²) in [6.07, 6.45) is 21.2. The first-order chi connectivity index (χ1) is 24.5. The Morgan fingerprint density at radius 2 is 1.55 bits per heavy atom. The molecule has 2 N–H and O–H groups in total. The lowest BCUT2D eigenvalue weighted by Crippen LogP contribution is -2.59. The predicted octanol–water partition coefficient (Wildman–Crippen LogP) is 6.91. The highest BCUT2D eigenvalue weighted by molar-refractivity contribution is 5.97. The SMILES string of the molecule is CCCC1CCC(C2CC=C(c3cnc(-c4ccc(C[C@H](NC(=O)c5cnc(C(C)(C)C)nc5)C(=O)N5CC(C(=O)O)C5)cc4)nc3)CC2)CC1. The molecular weight excluding hydrogens is 640 g/mol. The first kappa shape index (κ1) is 36.3. The van der Waals surface area contributed by atoms with Crippen LogP contribution in [0.3, 0.4) is 0 Å². The van der Waals surface area contributed by atoms with Crippen LogP contribution >= 0.6 is 0 Å². The molecule has 1 aromatic carbocycles. The number of carboxylic acid groups (broad SMARTS) is 1. The van der Waals surface area contributed by atoms with Crippen LogP contribution in [0.1, 0.15) is 113 Å². The third-order valence-corrected chi connectivity index (χ3v) is 11.1. The molecular formula is C41H52N6O4. The number of carbonyl (C=O) groups is 3. The summed E-state index contributed by atoms with van der Waals surface area (Å²) in [6.45, 7) is 8.51. The van der Waals surface area contributed by atoms with E-state index in [4.69, 9.17) is 9.97 Å². The quantitative estimate of drug-likeness (QED) is 0.221. The molecule has 3 heterocycles. The van der Waals surface area contributed by atoms with Crippen molar-refractivity contribution in [2.75, 3.05) is 13.1 Å². The minimum atomic E-state index is -0.930. The molecule has 1 aliphatic heterocycles. The Labute approximate surface area is 301 Å². The van der Waals surface area contributed by atoms with Crippen molar-refractivity contribution in [3.63, 3.8) is 0 Å². The molecule has 1 saturated heterocycles. The predicted molar refractivity (Wildman–Crippen MR) is 197 cm³/mol. The van der Waals surface area contributed by atoms with Gasteiger partial charge in [-0.25, -0.2) is 19.9 Å². The van der Waals surface area contributed by atoms with Gasteiger partial charge >= 0.3 is 5.97 Å². The highest BCUT2D eigenvalue weighted by Gasteiger charge is 2.39. The monoisotopic (exact) mass is 692 g/mol. The first-order valence-corrected chi connectivity index (χ1v) is 18.7. The van der Waals surface area contributed by atoms with Crippen molar-refractivity contribution in [1.29, 1.82) is 0 Å². The van der Waals surface area contributed by atoms with Crippen molar-refractivity contribution in [2.45, 2.75) is 103 Å². The van der Waals surface area contributed by atoms with Crippen LogP contribution in [0.2, 0.25) is 0 Å². The number of rotatable bonds is 11. The number of carboxylic acids is 1. The van der Waals surface area contributed by atoms with E-state index >= 15 is 0 Å². The van der Waals surface area contributed by atoms with Crippen molar-refractivity contribution >= 4 is 23.4 Å². The number of nitrogens with one attached hydrogen (secondary N) is 1. The maximum Gasteiger partial charge on any atom is 0.310 e. The van der Waals surface area contributed by atoms with Crippen molar-refractivity contribution in [2.24, 2.45) is 23.7 Å². The standard InChI is InChI=1S/C41H52N6O4/c1-5-6-26-7-11-28(12-8-26)29-15-17-30(18-16-29)32-20-42-36(43-21-32)31-13-9-27(10-14-31)19-35(38(49)47-24-34(25-47)39(50)51)46-37(48)33-22-44-40(45-23-33)41(2,3)4/h9-10,13-14,17,20-23,26,28-29,34-35H,5-8,11-12,15-16,18-19,24-25H2,1-4H3,(H,46,48)(H,50,51)/t26?,28?,29?,35-/m0/s1. The molecule has 2 aromatic heterocycles. The third kappa shape index (κ3) is 8.89. The van der Waals surface area contributed by atoms with E-state index in [1.807, 2.05) is 57.4 Å². The maximum absolute atomic E-state index is 13.5. The Morgan fingerprint density at radius 1 is 0.882 bits per heavy atom. The van der Waals surface area contributed by atoms with Gasteiger partial charge in [-0.05, 0) is 61.0 Å². The van der Waals surface area contributed by atoms with E-state index in [0.29, 0.717) is 11.6 Å². The molecule has 0 bridgehead atoms. The molecule has 3 aromatic rings. The molecule has 2 aliphatic carbocycles. The Morgan fingerprint density at radius 3 is 2.12 bits per heavy atom. The molecule has 270 valence electrons. The second kappa shape index (κ2) is 15.8. The van der Waals surface area contributed by atoms with Gasteiger partial charge in [-0.3, -0.25) is 14.4 Å². The largest absolute Gasteiger partial charge is 0.481 e. The second-order valence-electron chi connectivity index (χ2n) is 15.9. The molecule has 1 unspecified atom stereocenters. The number of carbonyl (C=O) groups excluding carboxylic acids is 2. The van der Waals surface area contributed by atoms with Crippen LogP contribution in [0.25, 0.3) is 17.0 Å². The zero-order valence-corrected chi connectivity index (χ0v) is 30.5. The Kier molecular flexibility index (Phi) is 11.3. The number of allylic oxidation sites excluding steroid dienone is 2. The van der Waals surface area contributed by atoms with Crippen molar-refractivity contribution in [3.05, 3.63) is 77.6 Å². The molecule has 3 aliphatic rings. The van der Waals surface area contributed by atoms with Gasteiger partial charge in [0.15, 0.2) is 5.82 Å². The summed E-state index contributed by atoms with van der Waals surface area (Å²) in [7, 11) is 0. The molecule has 0 spiro atoms. The summed E-state index contributed by atoms with van der Waals surface area (Å²) < 4.78 is 0. The fourth-order valence-electron chi connectivity index (χ4n) is 7.88. The van der Waals surface area contributed by atoms with E-state index in [-0.39, 0.29) is 36.4 Å². The number of aromatic nitrogens is 4. The summed E-state index contributed by atoms with van der Waals surface area (Å²) in [5, 5.41) is 12.2. The van der Waals surface area contributed by atoms with E-state index in [1.54, 1.807) is 0 Å². The molecule has 2 fully saturated rings. The fourth-order valence-corrected chi connectivity index (χ4v) is 7.88. The maximum atomic E-state index is 13.5. The Bertz CT molecular complexity index is 1700. The highest BCUT2D eigenvalue weighted by atomic mass is 16.4. The summed E-state index contributed by atoms with van der Waals surface area (Å²) in [5.41, 5.74) is 4.11. The smallest absolute Gasteiger partial charge is 0.310 e. The van der Waals surface area contributed by atoms with Gasteiger partial charge in [0.1, 0.15) is 11.9 Å². The van der Waals surface area contributed by atoms with E-state index in [0.717, 1.165) is 47.3 Å². The average molecular weight is 693 g/mol. The van der Waals surface area contributed by atoms with Crippen LogP contribution in [0.4, 0.5) is 0 Å². The fraction of sp³-hybridized carbons (Fsp3) is 0.537. The van der Waals surface area contributed by atoms with Crippen LogP contribution in [0, 0.1) is 23.7 Å². The zero-order chi connectivity index (χ0) is 36.1. The Hall–Kier alpha value is -4.47. The molecule has 10 heteroatoms. The number of benzene rings is 1. The van der Waals surface area contributed by atoms with Crippen molar-refractivity contribution in [1.82, 2.24) is 30.2 Å². The van der Waals surface area contributed by atoms with E-state index in [9.17, 15) is 19.5 Å². The van der Waals surface area contributed by atoms with Gasteiger partial charge in [0.05, 0.1) is 11.5 Å². The summed E-state index contributed by atoms with van der Waals surface area (Å²) in [5.74, 6) is 1.56. The second-order valence-corrected chi connectivity index (χ2v) is 15.9. The van der Waals surface area contributed by atoms with Crippen molar-refractivity contribution in [3.8, 4) is 11.4 Å². The topological polar surface area (TPSA) is 138 Å². The van der Waals surface area contributed by atoms with Crippen LogP contribution in [0.15, 0.2) is 55.1 Å². The molecule has 2 amide bonds. The van der Waals surface area contributed by atoms with Crippen molar-refractivity contribution < 1.29 is 19.5 Å². The number of likely N-dealkylation sites (tertiary alicyclic amines) is 1. The minimum Gasteiger partial charge on any atom is -0.481 e. The number of amides is 2. The van der Waals surface area contributed by atoms with Gasteiger partial charge in [-0.15, -0.1) is 0 Å². The van der Waals surface area contributed by atoms with Gasteiger partial charge in [0, 0.05) is 60.8 Å². The number of hydrogen-bond acceptors (Lipinski definition) is 7. The highest BCUT2D eigenvalue weighted by Crippen LogP contribution is 2.42. The third-order valence-electron chi connectivity index (χ3n) is 11.1. The summed E-state index contributed by atoms with van der Waals surface area (Å²) in [6, 6.07) is 6.79. The molecule has 6 rings (SSSR count). The first-order valence-electron chi connectivity index (χ1n) is 18.7. The summed E-state index contributed by atoms with van der Waals surface area (Å²) in [4.78, 5) is 57.7. The number of hydrogen-bond donors (Lipinski definition) is 2. The number of aliphatic carboxylic acids is 1. The zero-order valence-electron chi connectivity index (χ0n) is 30.5. The van der Waals surface area contributed by atoms with Crippen LogP contribution < -0.4 is 5.32 Å². The molecule has 51 heavy (non-hydrogen) atoms. The van der Waals surface area contributed by atoms with Gasteiger partial charge < -0.3 is 15.3 Å². The van der Waals surface area contributed by atoms with E-state index < -0.39 is 23.8 Å². The molecule has 1 saturated carbocycles. The average Bonchev–Trinajstić information content (AvgIpc) is 3.11. The minimum absolute atomic E-state index is 0.119. The van der Waals surface area contributed by atoms with E-state index in [1.165, 1.54) is 67.8 Å². The molecule has 2 atom stereocenters. The lowest BCUT2D eigenvalue weighted by Gasteiger charge is -2.39. The van der Waals surface area contributed by atoms with Gasteiger partial charge in [0.25, 0.3) is 5.91 Å². The van der Waals surface area contributed by atoms with Gasteiger partial charge in [0.2, 0.25) is 5.91 Å². The van der Waals surface area contributed by atoms with Crippen LogP contribution in [-0.4, -0.2) is 66.9 Å². The molecule has 10 nitrogen and oxygen atoms in total.